The molecule has 1 heterocycles. The second-order valence-electron chi connectivity index (χ2n) is 9.07. The number of thiol groups is 1. The number of piperidine rings is 1. The van der Waals surface area contributed by atoms with Gasteiger partial charge in [0.1, 0.15) is 0 Å². The largest absolute Gasteiger partial charge is 0.342 e. The van der Waals surface area contributed by atoms with Crippen molar-refractivity contribution in [1.29, 1.82) is 0 Å². The molecule has 0 N–H and O–H groups in total. The van der Waals surface area contributed by atoms with Crippen LogP contribution < -0.4 is 0 Å². The van der Waals surface area contributed by atoms with Crippen molar-refractivity contribution < 1.29 is 4.79 Å². The molecule has 1 amide bonds. The van der Waals surface area contributed by atoms with Crippen molar-refractivity contribution in [3.8, 4) is 0 Å². The van der Waals surface area contributed by atoms with E-state index in [2.05, 4.69) is 32.7 Å². The Morgan fingerprint density at radius 3 is 2.52 bits per heavy atom. The highest BCUT2D eigenvalue weighted by Gasteiger charge is 2.55. The van der Waals surface area contributed by atoms with Gasteiger partial charge in [0.2, 0.25) is 5.91 Å². The third-order valence-corrected chi connectivity index (χ3v) is 8.14. The molecule has 0 aromatic carbocycles. The van der Waals surface area contributed by atoms with Gasteiger partial charge in [-0.3, -0.25) is 4.79 Å². The number of fused-ring (bicyclic) bond motifs is 3. The molecule has 1 saturated heterocycles. The summed E-state index contributed by atoms with van der Waals surface area (Å²) in [5.41, 5.74) is 0.324. The van der Waals surface area contributed by atoms with Gasteiger partial charge in [-0.15, -0.1) is 0 Å². The maximum Gasteiger partial charge on any atom is 0.222 e. The number of likely N-dealkylation sites (tertiary alicyclic amines) is 1. The van der Waals surface area contributed by atoms with E-state index in [0.29, 0.717) is 22.6 Å². The number of nitrogens with zero attached hydrogens (tertiary/aromatic N) is 1. The molecule has 0 bridgehead atoms. The Labute approximate surface area is 148 Å². The molecule has 1 aliphatic heterocycles. The van der Waals surface area contributed by atoms with Crippen molar-refractivity contribution in [2.45, 2.75) is 83.4 Å². The Morgan fingerprint density at radius 2 is 1.78 bits per heavy atom. The number of hydrogen-bond donors (Lipinski definition) is 1. The third kappa shape index (κ3) is 3.07. The van der Waals surface area contributed by atoms with Crippen molar-refractivity contribution in [1.82, 2.24) is 4.90 Å². The molecule has 23 heavy (non-hydrogen) atoms. The highest BCUT2D eigenvalue weighted by atomic mass is 32.1. The fourth-order valence-corrected chi connectivity index (χ4v) is 6.98. The zero-order valence-electron chi connectivity index (χ0n) is 15.4. The van der Waals surface area contributed by atoms with Gasteiger partial charge in [0.05, 0.1) is 0 Å². The van der Waals surface area contributed by atoms with Crippen LogP contribution in [0, 0.1) is 29.1 Å². The quantitative estimate of drug-likeness (QED) is 0.631. The average molecular weight is 338 g/mol. The van der Waals surface area contributed by atoms with Gasteiger partial charge in [-0.2, -0.15) is 12.6 Å². The van der Waals surface area contributed by atoms with E-state index in [-0.39, 0.29) is 0 Å². The number of rotatable bonds is 0. The molecule has 0 spiro atoms. The van der Waals surface area contributed by atoms with Gasteiger partial charge in [0, 0.05) is 24.8 Å². The fourth-order valence-electron chi connectivity index (χ4n) is 6.47. The summed E-state index contributed by atoms with van der Waals surface area (Å²) in [6.07, 6.45) is 9.63. The first kappa shape index (κ1) is 17.6. The van der Waals surface area contributed by atoms with Crippen LogP contribution in [0.4, 0.5) is 0 Å². The van der Waals surface area contributed by atoms with E-state index in [1.165, 1.54) is 38.5 Å². The summed E-state index contributed by atoms with van der Waals surface area (Å²) in [5, 5.41) is 0.581. The first-order chi connectivity index (χ1) is 10.8. The van der Waals surface area contributed by atoms with Crippen LogP contribution in [0.3, 0.4) is 0 Å². The Bertz CT molecular complexity index is 453. The minimum atomic E-state index is 0.324. The molecule has 2 aliphatic carbocycles. The van der Waals surface area contributed by atoms with E-state index in [1.807, 2.05) is 0 Å². The lowest BCUT2D eigenvalue weighted by Crippen LogP contribution is -2.61. The smallest absolute Gasteiger partial charge is 0.222 e. The van der Waals surface area contributed by atoms with Crippen molar-refractivity contribution in [3.05, 3.63) is 0 Å². The summed E-state index contributed by atoms with van der Waals surface area (Å²) in [6.45, 7) is 7.43. The summed E-state index contributed by atoms with van der Waals surface area (Å²) >= 11 is 4.86. The van der Waals surface area contributed by atoms with E-state index >= 15 is 0 Å². The SMILES string of the molecule is CC1C[C@H](S)CCCCC2C1[C@@H](C)CC1N(C)C(=O)CC[C@]21C. The Hall–Kier alpha value is -0.180. The Balaban J connectivity index is 1.93. The van der Waals surface area contributed by atoms with E-state index in [4.69, 9.17) is 12.6 Å². The van der Waals surface area contributed by atoms with Gasteiger partial charge in [0.15, 0.2) is 0 Å². The fraction of sp³-hybridized carbons (Fsp3) is 0.950. The van der Waals surface area contributed by atoms with Crippen LogP contribution in [-0.2, 0) is 4.79 Å². The molecular formula is C20H35NOS. The van der Waals surface area contributed by atoms with Crippen LogP contribution >= 0.6 is 12.6 Å². The highest BCUT2D eigenvalue weighted by Crippen LogP contribution is 2.57. The number of carbonyl (C=O) groups is 1. The van der Waals surface area contributed by atoms with Crippen LogP contribution in [-0.4, -0.2) is 29.1 Å². The minimum Gasteiger partial charge on any atom is -0.342 e. The van der Waals surface area contributed by atoms with Gasteiger partial charge in [-0.05, 0) is 61.2 Å². The summed E-state index contributed by atoms with van der Waals surface area (Å²) in [7, 11) is 2.06. The van der Waals surface area contributed by atoms with Crippen LogP contribution in [0.25, 0.3) is 0 Å². The first-order valence-electron chi connectivity index (χ1n) is 9.78. The molecule has 3 fully saturated rings. The van der Waals surface area contributed by atoms with Crippen molar-refractivity contribution in [3.63, 3.8) is 0 Å². The molecule has 4 unspecified atom stereocenters. The van der Waals surface area contributed by atoms with Gasteiger partial charge in [-0.1, -0.05) is 33.6 Å². The monoisotopic (exact) mass is 337 g/mol. The molecule has 0 aromatic heterocycles. The van der Waals surface area contributed by atoms with Gasteiger partial charge in [0.25, 0.3) is 0 Å². The maximum atomic E-state index is 12.3. The second kappa shape index (κ2) is 6.61. The van der Waals surface area contributed by atoms with E-state index in [0.717, 1.165) is 36.5 Å². The molecule has 3 rings (SSSR count). The minimum absolute atomic E-state index is 0.324. The van der Waals surface area contributed by atoms with Crippen molar-refractivity contribution in [2.24, 2.45) is 29.1 Å². The Morgan fingerprint density at radius 1 is 1.13 bits per heavy atom. The molecule has 3 heteroatoms. The van der Waals surface area contributed by atoms with E-state index < -0.39 is 0 Å². The molecule has 3 aliphatic rings. The molecule has 132 valence electrons. The summed E-state index contributed by atoms with van der Waals surface area (Å²) in [4.78, 5) is 14.4. The van der Waals surface area contributed by atoms with Crippen LogP contribution in [0.2, 0.25) is 0 Å². The maximum absolute atomic E-state index is 12.3. The highest BCUT2D eigenvalue weighted by molar-refractivity contribution is 7.80. The molecule has 0 aromatic rings. The normalized spacial score (nSPS) is 48.7. The number of hydrogen-bond acceptors (Lipinski definition) is 2. The Kier molecular flexibility index (Phi) is 5.07. The second-order valence-corrected chi connectivity index (χ2v) is 9.80. The van der Waals surface area contributed by atoms with E-state index in [9.17, 15) is 4.79 Å². The predicted molar refractivity (Wildman–Crippen MR) is 99.7 cm³/mol. The molecule has 7 atom stereocenters. The predicted octanol–water partition coefficient (Wildman–Crippen LogP) is 4.78. The van der Waals surface area contributed by atoms with Gasteiger partial charge in [-0.25, -0.2) is 0 Å². The van der Waals surface area contributed by atoms with Crippen LogP contribution in [0.15, 0.2) is 0 Å². The van der Waals surface area contributed by atoms with Gasteiger partial charge >= 0.3 is 0 Å². The van der Waals surface area contributed by atoms with E-state index in [1.54, 1.807) is 0 Å². The average Bonchev–Trinajstić information content (AvgIpc) is 2.56. The number of amides is 1. The summed E-state index contributed by atoms with van der Waals surface area (Å²) in [5.74, 6) is 3.44. The zero-order chi connectivity index (χ0) is 16.8. The summed E-state index contributed by atoms with van der Waals surface area (Å²) < 4.78 is 0. The standard InChI is InChI=1S/C20H35NOS/c1-13-11-15(23)7-5-6-8-16-19(13)14(2)12-17-20(16,3)10-9-18(22)21(17)4/h13-17,19,23H,5-12H2,1-4H3/t13?,14-,15+,16?,17?,19?,20+/m0/s1. The van der Waals surface area contributed by atoms with Crippen molar-refractivity contribution >= 4 is 18.5 Å². The first-order valence-corrected chi connectivity index (χ1v) is 10.3. The van der Waals surface area contributed by atoms with Gasteiger partial charge < -0.3 is 4.90 Å². The lowest BCUT2D eigenvalue weighted by Gasteiger charge is -2.59. The lowest BCUT2D eigenvalue weighted by atomic mass is 9.50. The number of carbonyl (C=O) groups excluding carboxylic acids is 1. The topological polar surface area (TPSA) is 20.3 Å². The molecule has 0 radical (unpaired) electrons. The van der Waals surface area contributed by atoms with Crippen LogP contribution in [0.5, 0.6) is 0 Å². The molecule has 2 saturated carbocycles. The zero-order valence-corrected chi connectivity index (χ0v) is 16.3. The van der Waals surface area contributed by atoms with Crippen molar-refractivity contribution in [2.75, 3.05) is 7.05 Å². The summed E-state index contributed by atoms with van der Waals surface area (Å²) in [6, 6.07) is 0.458. The van der Waals surface area contributed by atoms with Crippen LogP contribution in [0.1, 0.15) is 72.1 Å². The lowest BCUT2D eigenvalue weighted by molar-refractivity contribution is -0.154. The molecule has 2 nitrogen and oxygen atoms in total. The third-order valence-electron chi connectivity index (χ3n) is 7.67. The molecular weight excluding hydrogens is 302 g/mol.